The summed E-state index contributed by atoms with van der Waals surface area (Å²) in [6.07, 6.45) is 0. The van der Waals surface area contributed by atoms with E-state index in [2.05, 4.69) is 20.5 Å². The third-order valence-corrected chi connectivity index (χ3v) is 5.08. The van der Waals surface area contributed by atoms with Crippen LogP contribution in [0.5, 0.6) is 0 Å². The maximum absolute atomic E-state index is 12.5. The molecular weight excluding hydrogens is 354 g/mol. The van der Waals surface area contributed by atoms with Crippen LogP contribution in [0.3, 0.4) is 0 Å². The number of morpholine rings is 1. The second kappa shape index (κ2) is 8.50. The van der Waals surface area contributed by atoms with Crippen molar-refractivity contribution >= 4 is 16.9 Å². The number of nitrogens with one attached hydrogen (secondary N) is 1. The number of benzene rings is 2. The molecule has 0 bridgehead atoms. The van der Waals surface area contributed by atoms with Crippen molar-refractivity contribution in [3.63, 3.8) is 0 Å². The maximum atomic E-state index is 12.5. The first kappa shape index (κ1) is 18.6. The van der Waals surface area contributed by atoms with Crippen LogP contribution >= 0.6 is 0 Å². The van der Waals surface area contributed by atoms with Crippen molar-refractivity contribution in [3.8, 4) is 0 Å². The highest BCUT2D eigenvalue weighted by Crippen LogP contribution is 2.14. The topological polar surface area (TPSA) is 72.3 Å². The molecule has 4 rings (SSSR count). The van der Waals surface area contributed by atoms with Gasteiger partial charge in [0.15, 0.2) is 0 Å². The zero-order valence-corrected chi connectivity index (χ0v) is 16.1. The van der Waals surface area contributed by atoms with Crippen molar-refractivity contribution in [2.24, 2.45) is 0 Å². The summed E-state index contributed by atoms with van der Waals surface area (Å²) in [6.45, 7) is 7.74. The van der Waals surface area contributed by atoms with E-state index in [-0.39, 0.29) is 5.91 Å². The van der Waals surface area contributed by atoms with Gasteiger partial charge in [-0.1, -0.05) is 35.0 Å². The number of ether oxygens (including phenoxy) is 1. The smallest absolute Gasteiger partial charge is 0.251 e. The fourth-order valence-corrected chi connectivity index (χ4v) is 3.33. The average Bonchev–Trinajstić information content (AvgIpc) is 3.14. The van der Waals surface area contributed by atoms with Crippen molar-refractivity contribution in [1.29, 1.82) is 0 Å². The van der Waals surface area contributed by atoms with Crippen LogP contribution < -0.4 is 5.32 Å². The molecule has 1 aliphatic heterocycles. The number of hydrogen-bond donors (Lipinski definition) is 1. The van der Waals surface area contributed by atoms with E-state index in [9.17, 15) is 4.79 Å². The van der Waals surface area contributed by atoms with Crippen molar-refractivity contribution < 1.29 is 9.53 Å². The summed E-state index contributed by atoms with van der Waals surface area (Å²) in [5.74, 6) is -0.106. The van der Waals surface area contributed by atoms with E-state index in [1.807, 2.05) is 48.0 Å². The largest absolute Gasteiger partial charge is 0.379 e. The van der Waals surface area contributed by atoms with Crippen molar-refractivity contribution in [1.82, 2.24) is 25.2 Å². The second-order valence-electron chi connectivity index (χ2n) is 7.14. The number of hydrogen-bond acceptors (Lipinski definition) is 5. The van der Waals surface area contributed by atoms with Gasteiger partial charge in [-0.25, -0.2) is 4.68 Å². The molecule has 1 aliphatic rings. The molecule has 1 saturated heterocycles. The van der Waals surface area contributed by atoms with Crippen LogP contribution in [0.1, 0.15) is 21.5 Å². The number of aromatic nitrogens is 3. The van der Waals surface area contributed by atoms with Gasteiger partial charge < -0.3 is 10.1 Å². The lowest BCUT2D eigenvalue weighted by atomic mass is 10.1. The fourth-order valence-electron chi connectivity index (χ4n) is 3.33. The molecule has 2 aromatic carbocycles. The molecule has 0 saturated carbocycles. The summed E-state index contributed by atoms with van der Waals surface area (Å²) in [5, 5.41) is 11.5. The van der Waals surface area contributed by atoms with Crippen LogP contribution in [0.4, 0.5) is 0 Å². The van der Waals surface area contributed by atoms with Gasteiger partial charge in [0, 0.05) is 31.7 Å². The lowest BCUT2D eigenvalue weighted by Crippen LogP contribution is -2.38. The highest BCUT2D eigenvalue weighted by molar-refractivity contribution is 5.97. The van der Waals surface area contributed by atoms with Crippen molar-refractivity contribution in [2.75, 3.05) is 32.8 Å². The molecule has 0 atom stereocenters. The van der Waals surface area contributed by atoms with E-state index in [1.165, 1.54) is 5.56 Å². The zero-order valence-electron chi connectivity index (χ0n) is 16.1. The average molecular weight is 379 g/mol. The molecule has 7 heteroatoms. The fraction of sp³-hybridized carbons (Fsp3) is 0.381. The molecule has 0 spiro atoms. The zero-order chi connectivity index (χ0) is 19.3. The molecule has 0 radical (unpaired) electrons. The van der Waals surface area contributed by atoms with Crippen LogP contribution in [0.2, 0.25) is 0 Å². The highest BCUT2D eigenvalue weighted by Gasteiger charge is 2.13. The summed E-state index contributed by atoms with van der Waals surface area (Å²) in [5.41, 5.74) is 4.57. The SMILES string of the molecule is Cc1ccc(CNC(=O)c2ccc3c(c2)nnn3CCN2CCOCC2)cc1. The molecule has 28 heavy (non-hydrogen) atoms. The van der Waals surface area contributed by atoms with Crippen LogP contribution in [0.15, 0.2) is 42.5 Å². The molecule has 3 aromatic rings. The first-order chi connectivity index (χ1) is 13.7. The summed E-state index contributed by atoms with van der Waals surface area (Å²) in [7, 11) is 0. The molecule has 1 N–H and O–H groups in total. The Bertz CT molecular complexity index is 945. The van der Waals surface area contributed by atoms with Crippen molar-refractivity contribution in [3.05, 3.63) is 59.2 Å². The maximum Gasteiger partial charge on any atom is 0.251 e. The molecule has 1 aromatic heterocycles. The van der Waals surface area contributed by atoms with Gasteiger partial charge in [0.2, 0.25) is 0 Å². The van der Waals surface area contributed by atoms with Gasteiger partial charge >= 0.3 is 0 Å². The van der Waals surface area contributed by atoms with Gasteiger partial charge in [-0.15, -0.1) is 5.10 Å². The molecule has 7 nitrogen and oxygen atoms in total. The minimum atomic E-state index is -0.106. The molecular formula is C21H25N5O2. The Balaban J connectivity index is 1.38. The van der Waals surface area contributed by atoms with E-state index in [0.29, 0.717) is 12.1 Å². The highest BCUT2D eigenvalue weighted by atomic mass is 16.5. The number of carbonyl (C=O) groups is 1. The summed E-state index contributed by atoms with van der Waals surface area (Å²) in [6, 6.07) is 13.7. The molecule has 0 unspecified atom stereocenters. The Morgan fingerprint density at radius 3 is 2.68 bits per heavy atom. The predicted octanol–water partition coefficient (Wildman–Crippen LogP) is 2.00. The number of amides is 1. The third kappa shape index (κ3) is 4.37. The second-order valence-corrected chi connectivity index (χ2v) is 7.14. The first-order valence-electron chi connectivity index (χ1n) is 9.66. The number of fused-ring (bicyclic) bond motifs is 1. The Morgan fingerprint density at radius 1 is 1.11 bits per heavy atom. The van der Waals surface area contributed by atoms with Crippen LogP contribution in [0, 0.1) is 6.92 Å². The number of carbonyl (C=O) groups excluding carboxylic acids is 1. The van der Waals surface area contributed by atoms with Gasteiger partial charge in [-0.05, 0) is 30.7 Å². The minimum Gasteiger partial charge on any atom is -0.379 e. The van der Waals surface area contributed by atoms with Crippen LogP contribution in [0.25, 0.3) is 11.0 Å². The van der Waals surface area contributed by atoms with Gasteiger partial charge in [0.1, 0.15) is 5.52 Å². The van der Waals surface area contributed by atoms with E-state index >= 15 is 0 Å². The Hall–Kier alpha value is -2.77. The Labute approximate surface area is 164 Å². The predicted molar refractivity (Wildman–Crippen MR) is 107 cm³/mol. The monoisotopic (exact) mass is 379 g/mol. The van der Waals surface area contributed by atoms with E-state index in [0.717, 1.165) is 56.0 Å². The molecule has 0 aliphatic carbocycles. The summed E-state index contributed by atoms with van der Waals surface area (Å²) >= 11 is 0. The van der Waals surface area contributed by atoms with E-state index in [1.54, 1.807) is 6.07 Å². The third-order valence-electron chi connectivity index (χ3n) is 5.08. The van der Waals surface area contributed by atoms with E-state index in [4.69, 9.17) is 4.74 Å². The normalized spacial score (nSPS) is 15.0. The first-order valence-corrected chi connectivity index (χ1v) is 9.66. The van der Waals surface area contributed by atoms with Crippen LogP contribution in [-0.2, 0) is 17.8 Å². The Kier molecular flexibility index (Phi) is 5.64. The van der Waals surface area contributed by atoms with Gasteiger partial charge in [0.25, 0.3) is 5.91 Å². The standard InChI is InChI=1S/C21H25N5O2/c1-16-2-4-17(5-3-16)15-22-21(27)18-6-7-20-19(14-18)23-24-26(20)9-8-25-10-12-28-13-11-25/h2-7,14H,8-13,15H2,1H3,(H,22,27). The number of rotatable bonds is 6. The van der Waals surface area contributed by atoms with E-state index < -0.39 is 0 Å². The molecule has 1 fully saturated rings. The summed E-state index contributed by atoms with van der Waals surface area (Å²) < 4.78 is 7.28. The van der Waals surface area contributed by atoms with Gasteiger partial charge in [-0.2, -0.15) is 0 Å². The molecule has 2 heterocycles. The quantitative estimate of drug-likeness (QED) is 0.709. The number of nitrogens with zero attached hydrogens (tertiary/aromatic N) is 4. The van der Waals surface area contributed by atoms with Gasteiger partial charge in [0.05, 0.1) is 25.3 Å². The van der Waals surface area contributed by atoms with Crippen LogP contribution in [-0.4, -0.2) is 58.6 Å². The Morgan fingerprint density at radius 2 is 1.89 bits per heavy atom. The molecule has 1 amide bonds. The minimum absolute atomic E-state index is 0.106. The van der Waals surface area contributed by atoms with Crippen molar-refractivity contribution in [2.45, 2.75) is 20.0 Å². The van der Waals surface area contributed by atoms with Gasteiger partial charge in [-0.3, -0.25) is 9.69 Å². The lowest BCUT2D eigenvalue weighted by Gasteiger charge is -2.26. The summed E-state index contributed by atoms with van der Waals surface area (Å²) in [4.78, 5) is 14.8. The number of aryl methyl sites for hydroxylation is 1. The molecule has 146 valence electrons. The lowest BCUT2D eigenvalue weighted by molar-refractivity contribution is 0.0360.